The fourth-order valence-corrected chi connectivity index (χ4v) is 5.52. The molecule has 0 radical (unpaired) electrons. The molecule has 2 aromatic heterocycles. The van der Waals surface area contributed by atoms with Crippen molar-refractivity contribution in [1.82, 2.24) is 4.31 Å². The Hall–Kier alpha value is -1.87. The van der Waals surface area contributed by atoms with Gasteiger partial charge in [0.1, 0.15) is 0 Å². The molecule has 0 unspecified atom stereocenters. The van der Waals surface area contributed by atoms with Gasteiger partial charge in [-0.25, -0.2) is 8.42 Å². The molecule has 5 nitrogen and oxygen atoms in total. The molecule has 8 heteroatoms. The van der Waals surface area contributed by atoms with Gasteiger partial charge in [0.15, 0.2) is 11.5 Å². The molecule has 0 aliphatic rings. The van der Waals surface area contributed by atoms with Crippen molar-refractivity contribution in [3.63, 3.8) is 0 Å². The molecule has 0 atom stereocenters. The molecule has 0 amide bonds. The average Bonchev–Trinajstić information content (AvgIpc) is 3.34. The van der Waals surface area contributed by atoms with Gasteiger partial charge in [-0.05, 0) is 35.0 Å². The van der Waals surface area contributed by atoms with Gasteiger partial charge in [0.25, 0.3) is 0 Å². The zero-order valence-corrected chi connectivity index (χ0v) is 16.9. The van der Waals surface area contributed by atoms with Gasteiger partial charge in [-0.2, -0.15) is 4.31 Å². The smallest absolute Gasteiger partial charge is 0.243 e. The van der Waals surface area contributed by atoms with Gasteiger partial charge >= 0.3 is 0 Å². The molecule has 3 aromatic rings. The SMILES string of the molecule is COc1ccc(S(=O)(=O)N(Cc2cccs2)Cc2cccs2)cc1OC. The highest BCUT2D eigenvalue weighted by Gasteiger charge is 2.27. The number of sulfonamides is 1. The van der Waals surface area contributed by atoms with Gasteiger partial charge in [0.05, 0.1) is 19.1 Å². The van der Waals surface area contributed by atoms with Crippen molar-refractivity contribution in [1.29, 1.82) is 0 Å². The molecule has 0 spiro atoms. The van der Waals surface area contributed by atoms with Crippen LogP contribution in [-0.2, 0) is 23.1 Å². The summed E-state index contributed by atoms with van der Waals surface area (Å²) in [6.45, 7) is 0.651. The van der Waals surface area contributed by atoms with Crippen molar-refractivity contribution in [2.45, 2.75) is 18.0 Å². The number of ether oxygens (including phenoxy) is 2. The summed E-state index contributed by atoms with van der Waals surface area (Å²) in [6.07, 6.45) is 0. The summed E-state index contributed by atoms with van der Waals surface area (Å²) < 4.78 is 38.5. The Bertz CT molecular complexity index is 899. The maximum Gasteiger partial charge on any atom is 0.243 e. The number of nitrogens with zero attached hydrogens (tertiary/aromatic N) is 1. The zero-order valence-electron chi connectivity index (χ0n) is 14.4. The van der Waals surface area contributed by atoms with Crippen LogP contribution < -0.4 is 9.47 Å². The lowest BCUT2D eigenvalue weighted by Gasteiger charge is -2.22. The number of hydrogen-bond acceptors (Lipinski definition) is 6. The van der Waals surface area contributed by atoms with Crippen molar-refractivity contribution in [2.24, 2.45) is 0 Å². The van der Waals surface area contributed by atoms with E-state index in [2.05, 4.69) is 0 Å². The van der Waals surface area contributed by atoms with Crippen molar-refractivity contribution in [3.8, 4) is 11.5 Å². The molecule has 0 saturated carbocycles. The highest BCUT2D eigenvalue weighted by molar-refractivity contribution is 7.89. The lowest BCUT2D eigenvalue weighted by Crippen LogP contribution is -2.29. The first-order valence-corrected chi connectivity index (χ1v) is 11.0. The fraction of sp³-hybridized carbons (Fsp3) is 0.222. The van der Waals surface area contributed by atoms with Gasteiger partial charge in [-0.15, -0.1) is 22.7 Å². The van der Waals surface area contributed by atoms with E-state index in [4.69, 9.17) is 9.47 Å². The van der Waals surface area contributed by atoms with Crippen LogP contribution in [0.25, 0.3) is 0 Å². The quantitative estimate of drug-likeness (QED) is 0.559. The van der Waals surface area contributed by atoms with E-state index in [1.807, 2.05) is 35.0 Å². The molecular formula is C18H19NO4S3. The van der Waals surface area contributed by atoms with Crippen LogP contribution >= 0.6 is 22.7 Å². The molecule has 0 aliphatic carbocycles. The van der Waals surface area contributed by atoms with Crippen LogP contribution in [0.4, 0.5) is 0 Å². The Morgan fingerprint density at radius 3 is 1.92 bits per heavy atom. The molecule has 3 rings (SSSR count). The topological polar surface area (TPSA) is 55.8 Å². The highest BCUT2D eigenvalue weighted by atomic mass is 32.2. The second-order valence-electron chi connectivity index (χ2n) is 5.45. The van der Waals surface area contributed by atoms with Crippen LogP contribution in [-0.4, -0.2) is 26.9 Å². The van der Waals surface area contributed by atoms with Crippen LogP contribution in [0.1, 0.15) is 9.75 Å². The van der Waals surface area contributed by atoms with Crippen molar-refractivity contribution < 1.29 is 17.9 Å². The Morgan fingerprint density at radius 1 is 0.885 bits per heavy atom. The fourth-order valence-electron chi connectivity index (χ4n) is 2.50. The molecule has 0 saturated heterocycles. The normalized spacial score (nSPS) is 11.7. The molecule has 0 aliphatic heterocycles. The largest absolute Gasteiger partial charge is 0.493 e. The summed E-state index contributed by atoms with van der Waals surface area (Å²) >= 11 is 3.08. The highest BCUT2D eigenvalue weighted by Crippen LogP contribution is 2.32. The lowest BCUT2D eigenvalue weighted by molar-refractivity contribution is 0.353. The number of hydrogen-bond donors (Lipinski definition) is 0. The molecule has 138 valence electrons. The van der Waals surface area contributed by atoms with Crippen molar-refractivity contribution >= 4 is 32.7 Å². The lowest BCUT2D eigenvalue weighted by atomic mass is 10.3. The minimum absolute atomic E-state index is 0.184. The van der Waals surface area contributed by atoms with Crippen LogP contribution in [0.15, 0.2) is 58.1 Å². The minimum atomic E-state index is -3.70. The number of benzene rings is 1. The summed E-state index contributed by atoms with van der Waals surface area (Å²) in [7, 11) is -0.691. The predicted molar refractivity (Wildman–Crippen MR) is 105 cm³/mol. The third-order valence-electron chi connectivity index (χ3n) is 3.82. The van der Waals surface area contributed by atoms with E-state index < -0.39 is 10.0 Å². The molecule has 0 bridgehead atoms. The molecule has 26 heavy (non-hydrogen) atoms. The molecule has 1 aromatic carbocycles. The maximum absolute atomic E-state index is 13.3. The average molecular weight is 410 g/mol. The van der Waals surface area contributed by atoms with Crippen molar-refractivity contribution in [3.05, 3.63) is 63.0 Å². The number of rotatable bonds is 8. The summed E-state index contributed by atoms with van der Waals surface area (Å²) in [5.41, 5.74) is 0. The zero-order chi connectivity index (χ0) is 18.6. The van der Waals surface area contributed by atoms with Gasteiger partial charge in [0.2, 0.25) is 10.0 Å². The Labute approximate surface area is 161 Å². The van der Waals surface area contributed by atoms with Gasteiger partial charge in [-0.1, -0.05) is 12.1 Å². The molecule has 0 fully saturated rings. The van der Waals surface area contributed by atoms with Gasteiger partial charge in [0, 0.05) is 28.9 Å². The van der Waals surface area contributed by atoms with E-state index >= 15 is 0 Å². The van der Waals surface area contributed by atoms with E-state index in [9.17, 15) is 8.42 Å². The molecular weight excluding hydrogens is 390 g/mol. The van der Waals surface area contributed by atoms with E-state index in [-0.39, 0.29) is 4.90 Å². The first-order valence-electron chi connectivity index (χ1n) is 7.81. The third kappa shape index (κ3) is 4.09. The summed E-state index contributed by atoms with van der Waals surface area (Å²) in [5.74, 6) is 0.885. The van der Waals surface area contributed by atoms with E-state index in [0.717, 1.165) is 9.75 Å². The summed E-state index contributed by atoms with van der Waals surface area (Å²) in [4.78, 5) is 2.17. The van der Waals surface area contributed by atoms with Crippen LogP contribution in [0.5, 0.6) is 11.5 Å². The van der Waals surface area contributed by atoms with E-state index in [1.165, 1.54) is 24.6 Å². The van der Waals surface area contributed by atoms with Crippen LogP contribution in [0.2, 0.25) is 0 Å². The van der Waals surface area contributed by atoms with Crippen molar-refractivity contribution in [2.75, 3.05) is 14.2 Å². The third-order valence-corrected chi connectivity index (χ3v) is 7.33. The predicted octanol–water partition coefficient (Wildman–Crippen LogP) is 4.22. The summed E-state index contributed by atoms with van der Waals surface area (Å²) in [5, 5.41) is 3.89. The molecule has 2 heterocycles. The monoisotopic (exact) mass is 409 g/mol. The van der Waals surface area contributed by atoms with Gasteiger partial charge < -0.3 is 9.47 Å². The van der Waals surface area contributed by atoms with Gasteiger partial charge in [-0.3, -0.25) is 0 Å². The standard InChI is InChI=1S/C18H19NO4S3/c1-22-17-8-7-16(11-18(17)23-2)26(20,21)19(12-14-5-3-9-24-14)13-15-6-4-10-25-15/h3-11H,12-13H2,1-2H3. The first-order chi connectivity index (χ1) is 12.5. The number of thiophene rings is 2. The Kier molecular flexibility index (Phi) is 5.98. The summed E-state index contributed by atoms with van der Waals surface area (Å²) in [6, 6.07) is 12.4. The van der Waals surface area contributed by atoms with Crippen LogP contribution in [0.3, 0.4) is 0 Å². The maximum atomic E-state index is 13.3. The van der Waals surface area contributed by atoms with Crippen LogP contribution in [0, 0.1) is 0 Å². The second-order valence-corrected chi connectivity index (χ2v) is 9.45. The van der Waals surface area contributed by atoms with E-state index in [1.54, 1.807) is 34.8 Å². The second kappa shape index (κ2) is 8.22. The Balaban J connectivity index is 1.97. The first kappa shape index (κ1) is 18.9. The van der Waals surface area contributed by atoms with E-state index in [0.29, 0.717) is 24.6 Å². The minimum Gasteiger partial charge on any atom is -0.493 e. The molecule has 0 N–H and O–H groups in total. The Morgan fingerprint density at radius 2 is 1.46 bits per heavy atom. The number of methoxy groups -OCH3 is 2.